The molecule has 3 nitrogen and oxygen atoms in total. The number of aryl methyl sites for hydroxylation is 1. The van der Waals surface area contributed by atoms with E-state index in [0.717, 1.165) is 11.1 Å². The molecular weight excluding hydrogens is 178 g/mol. The summed E-state index contributed by atoms with van der Waals surface area (Å²) in [6.45, 7) is 1.86. The highest BCUT2D eigenvalue weighted by molar-refractivity contribution is 5.45. The zero-order valence-electron chi connectivity index (χ0n) is 7.99. The minimum atomic E-state index is -0.362. The normalized spacial score (nSPS) is 9.43. The lowest BCUT2D eigenvalue weighted by Gasteiger charge is -2.03. The van der Waals surface area contributed by atoms with Gasteiger partial charge in [0, 0.05) is 18.1 Å². The molecule has 0 saturated carbocycles. The molecule has 0 aliphatic carbocycles. The summed E-state index contributed by atoms with van der Waals surface area (Å²) >= 11 is 0. The van der Waals surface area contributed by atoms with E-state index in [2.05, 4.69) is 5.92 Å². The first-order valence-electron chi connectivity index (χ1n) is 4.33. The van der Waals surface area contributed by atoms with Gasteiger partial charge in [-0.3, -0.25) is 10.1 Å². The van der Waals surface area contributed by atoms with E-state index < -0.39 is 0 Å². The van der Waals surface area contributed by atoms with Crippen molar-refractivity contribution in [3.8, 4) is 12.3 Å². The Morgan fingerprint density at radius 2 is 2.29 bits per heavy atom. The molecule has 14 heavy (non-hydrogen) atoms. The molecule has 0 unspecified atom stereocenters. The topological polar surface area (TPSA) is 43.1 Å². The number of rotatable bonds is 3. The molecule has 0 atom stereocenters. The van der Waals surface area contributed by atoms with Crippen molar-refractivity contribution in [2.24, 2.45) is 0 Å². The number of hydrogen-bond acceptors (Lipinski definition) is 2. The van der Waals surface area contributed by atoms with Gasteiger partial charge < -0.3 is 0 Å². The lowest BCUT2D eigenvalue weighted by atomic mass is 10.0. The van der Waals surface area contributed by atoms with Crippen molar-refractivity contribution < 1.29 is 4.92 Å². The predicted molar refractivity (Wildman–Crippen MR) is 55.0 cm³/mol. The van der Waals surface area contributed by atoms with Crippen LogP contribution >= 0.6 is 0 Å². The number of terminal acetylenes is 1. The number of nitro groups is 1. The van der Waals surface area contributed by atoms with Crippen LogP contribution in [-0.4, -0.2) is 4.92 Å². The van der Waals surface area contributed by atoms with Gasteiger partial charge in [0.25, 0.3) is 5.69 Å². The molecule has 0 aromatic heterocycles. The van der Waals surface area contributed by atoms with Gasteiger partial charge in [-0.05, 0) is 18.9 Å². The molecule has 1 rings (SSSR count). The average Bonchev–Trinajstić information content (AvgIpc) is 2.15. The van der Waals surface area contributed by atoms with Crippen molar-refractivity contribution in [3.63, 3.8) is 0 Å². The molecule has 1 aromatic rings. The SMILES string of the molecule is C#CCCc1c(C)cccc1[N+](=O)[O-]. The third kappa shape index (κ3) is 2.11. The number of nitro benzene ring substituents is 1. The first-order valence-corrected chi connectivity index (χ1v) is 4.33. The Bertz CT molecular complexity index is 391. The molecule has 0 amide bonds. The van der Waals surface area contributed by atoms with E-state index in [-0.39, 0.29) is 10.6 Å². The molecule has 0 N–H and O–H groups in total. The molecule has 0 spiro atoms. The summed E-state index contributed by atoms with van der Waals surface area (Å²) in [5.74, 6) is 2.49. The highest BCUT2D eigenvalue weighted by Crippen LogP contribution is 2.22. The van der Waals surface area contributed by atoms with Crippen LogP contribution < -0.4 is 0 Å². The van der Waals surface area contributed by atoms with Crippen LogP contribution in [0.4, 0.5) is 5.69 Å². The smallest absolute Gasteiger partial charge is 0.258 e. The second kappa shape index (κ2) is 4.43. The summed E-state index contributed by atoms with van der Waals surface area (Å²) in [6, 6.07) is 5.06. The first-order chi connectivity index (χ1) is 6.66. The molecule has 0 aliphatic rings. The molecular formula is C11H11NO2. The predicted octanol–water partition coefficient (Wildman–Crippen LogP) is 2.47. The minimum absolute atomic E-state index is 0.167. The fourth-order valence-electron chi connectivity index (χ4n) is 1.38. The van der Waals surface area contributed by atoms with Crippen molar-refractivity contribution in [2.45, 2.75) is 19.8 Å². The molecule has 72 valence electrons. The van der Waals surface area contributed by atoms with Gasteiger partial charge in [-0.15, -0.1) is 12.3 Å². The summed E-state index contributed by atoms with van der Waals surface area (Å²) < 4.78 is 0. The highest BCUT2D eigenvalue weighted by atomic mass is 16.6. The van der Waals surface area contributed by atoms with Crippen LogP contribution in [0.25, 0.3) is 0 Å². The van der Waals surface area contributed by atoms with Gasteiger partial charge in [0.15, 0.2) is 0 Å². The maximum atomic E-state index is 10.7. The summed E-state index contributed by atoms with van der Waals surface area (Å²) in [6.07, 6.45) is 6.24. The van der Waals surface area contributed by atoms with E-state index >= 15 is 0 Å². The van der Waals surface area contributed by atoms with E-state index in [4.69, 9.17) is 6.42 Å². The van der Waals surface area contributed by atoms with E-state index in [1.165, 1.54) is 6.07 Å². The zero-order valence-corrected chi connectivity index (χ0v) is 7.99. The Hall–Kier alpha value is -1.82. The van der Waals surface area contributed by atoms with Gasteiger partial charge in [0.1, 0.15) is 0 Å². The Morgan fingerprint density at radius 1 is 1.57 bits per heavy atom. The molecule has 0 saturated heterocycles. The third-order valence-corrected chi connectivity index (χ3v) is 2.10. The van der Waals surface area contributed by atoms with E-state index in [1.54, 1.807) is 6.07 Å². The quantitative estimate of drug-likeness (QED) is 0.416. The summed E-state index contributed by atoms with van der Waals surface area (Å²) in [5.41, 5.74) is 1.84. The monoisotopic (exact) mass is 189 g/mol. The van der Waals surface area contributed by atoms with Crippen LogP contribution in [0.5, 0.6) is 0 Å². The van der Waals surface area contributed by atoms with Gasteiger partial charge in [0.2, 0.25) is 0 Å². The van der Waals surface area contributed by atoms with Crippen molar-refractivity contribution in [1.82, 2.24) is 0 Å². The van der Waals surface area contributed by atoms with Gasteiger partial charge in [0.05, 0.1) is 4.92 Å². The lowest BCUT2D eigenvalue weighted by Crippen LogP contribution is -1.97. The van der Waals surface area contributed by atoms with Crippen molar-refractivity contribution in [2.75, 3.05) is 0 Å². The summed E-state index contributed by atoms with van der Waals surface area (Å²) in [7, 11) is 0. The average molecular weight is 189 g/mol. The minimum Gasteiger partial charge on any atom is -0.258 e. The number of nitrogens with zero attached hydrogens (tertiary/aromatic N) is 1. The Balaban J connectivity index is 3.10. The van der Waals surface area contributed by atoms with Crippen LogP contribution in [0.1, 0.15) is 17.5 Å². The summed E-state index contributed by atoms with van der Waals surface area (Å²) in [4.78, 5) is 10.3. The Kier molecular flexibility index (Phi) is 3.24. The number of benzene rings is 1. The van der Waals surface area contributed by atoms with Crippen LogP contribution in [0.15, 0.2) is 18.2 Å². The lowest BCUT2D eigenvalue weighted by molar-refractivity contribution is -0.385. The maximum Gasteiger partial charge on any atom is 0.272 e. The molecule has 0 radical (unpaired) electrons. The first kappa shape index (κ1) is 10.3. The third-order valence-electron chi connectivity index (χ3n) is 2.10. The second-order valence-corrected chi connectivity index (χ2v) is 3.03. The molecule has 0 heterocycles. The Labute approximate surface area is 82.9 Å². The fourth-order valence-corrected chi connectivity index (χ4v) is 1.38. The van der Waals surface area contributed by atoms with Crippen LogP contribution in [-0.2, 0) is 6.42 Å². The Morgan fingerprint density at radius 3 is 2.86 bits per heavy atom. The van der Waals surface area contributed by atoms with Gasteiger partial charge in [-0.2, -0.15) is 0 Å². The van der Waals surface area contributed by atoms with Crippen molar-refractivity contribution in [1.29, 1.82) is 0 Å². The van der Waals surface area contributed by atoms with Crippen LogP contribution in [0, 0.1) is 29.4 Å². The van der Waals surface area contributed by atoms with Crippen LogP contribution in [0.3, 0.4) is 0 Å². The van der Waals surface area contributed by atoms with E-state index in [0.29, 0.717) is 12.8 Å². The largest absolute Gasteiger partial charge is 0.272 e. The van der Waals surface area contributed by atoms with E-state index in [1.807, 2.05) is 13.0 Å². The van der Waals surface area contributed by atoms with Crippen molar-refractivity contribution in [3.05, 3.63) is 39.4 Å². The zero-order chi connectivity index (χ0) is 10.6. The second-order valence-electron chi connectivity index (χ2n) is 3.03. The van der Waals surface area contributed by atoms with Gasteiger partial charge in [-0.25, -0.2) is 0 Å². The molecule has 3 heteroatoms. The standard InChI is InChI=1S/C11H11NO2/c1-3-4-7-10-9(2)6-5-8-11(10)12(13)14/h1,5-6,8H,4,7H2,2H3. The number of hydrogen-bond donors (Lipinski definition) is 0. The highest BCUT2D eigenvalue weighted by Gasteiger charge is 2.13. The molecule has 1 aromatic carbocycles. The van der Waals surface area contributed by atoms with E-state index in [9.17, 15) is 10.1 Å². The molecule has 0 aliphatic heterocycles. The maximum absolute atomic E-state index is 10.7. The van der Waals surface area contributed by atoms with Crippen LogP contribution in [0.2, 0.25) is 0 Å². The molecule has 0 bridgehead atoms. The summed E-state index contributed by atoms with van der Waals surface area (Å²) in [5, 5.41) is 10.7. The molecule has 0 fully saturated rings. The van der Waals surface area contributed by atoms with Crippen molar-refractivity contribution >= 4 is 5.69 Å². The van der Waals surface area contributed by atoms with Gasteiger partial charge >= 0.3 is 0 Å². The van der Waals surface area contributed by atoms with Gasteiger partial charge in [-0.1, -0.05) is 12.1 Å². The fraction of sp³-hybridized carbons (Fsp3) is 0.273.